The Kier molecular flexibility index (Phi) is 8.00. The van der Waals surface area contributed by atoms with Gasteiger partial charge in [0.05, 0.1) is 11.5 Å². The van der Waals surface area contributed by atoms with Crippen LogP contribution in [-0.4, -0.2) is 32.5 Å². The van der Waals surface area contributed by atoms with E-state index in [1.807, 2.05) is 0 Å². The van der Waals surface area contributed by atoms with Gasteiger partial charge in [0.2, 0.25) is 0 Å². The van der Waals surface area contributed by atoms with Gasteiger partial charge in [0.15, 0.2) is 0 Å². The van der Waals surface area contributed by atoms with Crippen LogP contribution < -0.4 is 5.32 Å². The molecule has 0 heterocycles. The van der Waals surface area contributed by atoms with Crippen LogP contribution in [0.15, 0.2) is 0 Å². The van der Waals surface area contributed by atoms with Crippen molar-refractivity contribution in [2.75, 3.05) is 18.1 Å². The predicted octanol–water partition coefficient (Wildman–Crippen LogP) is 3.15. The third-order valence-corrected chi connectivity index (χ3v) is 5.94. The molecule has 0 spiro atoms. The second-order valence-electron chi connectivity index (χ2n) is 5.90. The zero-order valence-electron chi connectivity index (χ0n) is 12.7. The monoisotopic (exact) mass is 289 g/mol. The molecule has 1 aliphatic carbocycles. The van der Waals surface area contributed by atoms with E-state index in [1.54, 1.807) is 0 Å². The number of unbranched alkanes of at least 4 members (excludes halogenated alkanes) is 2. The van der Waals surface area contributed by atoms with Crippen LogP contribution in [0.1, 0.15) is 65.2 Å². The van der Waals surface area contributed by atoms with E-state index in [-0.39, 0.29) is 0 Å². The minimum atomic E-state index is -2.81. The Bertz CT molecular complexity index is 327. The van der Waals surface area contributed by atoms with Crippen LogP contribution in [0.4, 0.5) is 0 Å². The number of nitrogens with one attached hydrogen (secondary N) is 1. The van der Waals surface area contributed by atoms with Gasteiger partial charge in [-0.1, -0.05) is 33.1 Å². The van der Waals surface area contributed by atoms with Crippen molar-refractivity contribution in [3.8, 4) is 0 Å². The second kappa shape index (κ2) is 8.96. The highest BCUT2D eigenvalue weighted by Crippen LogP contribution is 2.29. The van der Waals surface area contributed by atoms with E-state index in [0.717, 1.165) is 38.6 Å². The van der Waals surface area contributed by atoms with Crippen molar-refractivity contribution in [2.24, 2.45) is 5.92 Å². The Morgan fingerprint density at radius 2 is 1.84 bits per heavy atom. The summed E-state index contributed by atoms with van der Waals surface area (Å²) in [5.74, 6) is 1.36. The SMILES string of the molecule is CCCCCS(=O)(=O)CCC1CCCC1NCCC. The van der Waals surface area contributed by atoms with Gasteiger partial charge in [-0.05, 0) is 44.6 Å². The second-order valence-corrected chi connectivity index (χ2v) is 8.20. The largest absolute Gasteiger partial charge is 0.314 e. The predicted molar refractivity (Wildman–Crippen MR) is 82.2 cm³/mol. The molecule has 0 amide bonds. The number of sulfone groups is 1. The summed E-state index contributed by atoms with van der Waals surface area (Å²) < 4.78 is 23.9. The molecule has 0 aliphatic heterocycles. The van der Waals surface area contributed by atoms with Crippen molar-refractivity contribution in [2.45, 2.75) is 71.3 Å². The highest BCUT2D eigenvalue weighted by molar-refractivity contribution is 7.91. The fourth-order valence-electron chi connectivity index (χ4n) is 2.99. The van der Waals surface area contributed by atoms with Crippen molar-refractivity contribution in [1.82, 2.24) is 5.32 Å². The highest BCUT2D eigenvalue weighted by Gasteiger charge is 2.27. The fraction of sp³-hybridized carbons (Fsp3) is 1.00. The molecule has 2 atom stereocenters. The van der Waals surface area contributed by atoms with Crippen LogP contribution in [0, 0.1) is 5.92 Å². The summed E-state index contributed by atoms with van der Waals surface area (Å²) in [5, 5.41) is 3.58. The fourth-order valence-corrected chi connectivity index (χ4v) is 4.50. The van der Waals surface area contributed by atoms with Gasteiger partial charge in [0.1, 0.15) is 9.84 Å². The van der Waals surface area contributed by atoms with E-state index >= 15 is 0 Å². The van der Waals surface area contributed by atoms with Gasteiger partial charge in [-0.3, -0.25) is 0 Å². The van der Waals surface area contributed by atoms with Crippen molar-refractivity contribution in [1.29, 1.82) is 0 Å². The van der Waals surface area contributed by atoms with Gasteiger partial charge < -0.3 is 5.32 Å². The summed E-state index contributed by atoms with van der Waals surface area (Å²) in [6.07, 6.45) is 8.63. The number of hydrogen-bond acceptors (Lipinski definition) is 3. The molecule has 1 fully saturated rings. The van der Waals surface area contributed by atoms with Crippen LogP contribution in [0.2, 0.25) is 0 Å². The minimum absolute atomic E-state index is 0.389. The molecule has 0 bridgehead atoms. The zero-order chi connectivity index (χ0) is 14.1. The Labute approximate surface area is 119 Å². The van der Waals surface area contributed by atoms with Gasteiger partial charge in [-0.15, -0.1) is 0 Å². The van der Waals surface area contributed by atoms with Crippen molar-refractivity contribution in [3.05, 3.63) is 0 Å². The van der Waals surface area contributed by atoms with E-state index in [0.29, 0.717) is 23.5 Å². The lowest BCUT2D eigenvalue weighted by atomic mass is 10.0. The Morgan fingerprint density at radius 3 is 2.53 bits per heavy atom. The maximum atomic E-state index is 12.0. The smallest absolute Gasteiger partial charge is 0.150 e. The molecule has 0 aromatic carbocycles. The standard InChI is InChI=1S/C15H31NO2S/c1-3-5-6-12-19(17,18)13-10-14-8-7-9-15(14)16-11-4-2/h14-16H,3-13H2,1-2H3. The van der Waals surface area contributed by atoms with Gasteiger partial charge in [-0.25, -0.2) is 8.42 Å². The van der Waals surface area contributed by atoms with Crippen molar-refractivity contribution in [3.63, 3.8) is 0 Å². The molecule has 0 aromatic heterocycles. The third kappa shape index (κ3) is 6.75. The maximum absolute atomic E-state index is 12.0. The van der Waals surface area contributed by atoms with Crippen LogP contribution in [0.25, 0.3) is 0 Å². The third-order valence-electron chi connectivity index (χ3n) is 4.17. The molecule has 1 rings (SSSR count). The highest BCUT2D eigenvalue weighted by atomic mass is 32.2. The lowest BCUT2D eigenvalue weighted by Crippen LogP contribution is -2.33. The van der Waals surface area contributed by atoms with Gasteiger partial charge in [-0.2, -0.15) is 0 Å². The molecule has 1 saturated carbocycles. The van der Waals surface area contributed by atoms with Crippen molar-refractivity contribution < 1.29 is 8.42 Å². The molecular formula is C15H31NO2S. The summed E-state index contributed by atoms with van der Waals surface area (Å²) in [6, 6.07) is 0.561. The average Bonchev–Trinajstić information content (AvgIpc) is 2.82. The summed E-state index contributed by atoms with van der Waals surface area (Å²) in [7, 11) is -2.81. The van der Waals surface area contributed by atoms with Gasteiger partial charge in [0.25, 0.3) is 0 Å². The Balaban J connectivity index is 2.29. The first kappa shape index (κ1) is 17.0. The lowest BCUT2D eigenvalue weighted by molar-refractivity contribution is 0.391. The van der Waals surface area contributed by atoms with E-state index < -0.39 is 9.84 Å². The normalized spacial score (nSPS) is 23.9. The molecule has 19 heavy (non-hydrogen) atoms. The maximum Gasteiger partial charge on any atom is 0.150 e. The van der Waals surface area contributed by atoms with Crippen molar-refractivity contribution >= 4 is 9.84 Å². The molecule has 2 unspecified atom stereocenters. The van der Waals surface area contributed by atoms with E-state index in [2.05, 4.69) is 19.2 Å². The molecule has 0 saturated heterocycles. The minimum Gasteiger partial charge on any atom is -0.314 e. The molecule has 114 valence electrons. The number of hydrogen-bond donors (Lipinski definition) is 1. The Hall–Kier alpha value is -0.0900. The van der Waals surface area contributed by atoms with E-state index in [9.17, 15) is 8.42 Å². The molecule has 1 aliphatic rings. The molecule has 0 aromatic rings. The van der Waals surface area contributed by atoms with E-state index in [4.69, 9.17) is 0 Å². The molecule has 0 radical (unpaired) electrons. The van der Waals surface area contributed by atoms with Crippen LogP contribution in [0.5, 0.6) is 0 Å². The molecule has 3 nitrogen and oxygen atoms in total. The first-order chi connectivity index (χ1) is 9.09. The topological polar surface area (TPSA) is 46.2 Å². The molecular weight excluding hydrogens is 258 g/mol. The number of rotatable bonds is 10. The van der Waals surface area contributed by atoms with Gasteiger partial charge in [0, 0.05) is 6.04 Å². The van der Waals surface area contributed by atoms with E-state index in [1.165, 1.54) is 19.3 Å². The van der Waals surface area contributed by atoms with Gasteiger partial charge >= 0.3 is 0 Å². The van der Waals surface area contributed by atoms with Crippen LogP contribution in [0.3, 0.4) is 0 Å². The lowest BCUT2D eigenvalue weighted by Gasteiger charge is -2.20. The summed E-state index contributed by atoms with van der Waals surface area (Å²) in [4.78, 5) is 0. The first-order valence-corrected chi connectivity index (χ1v) is 9.85. The first-order valence-electron chi connectivity index (χ1n) is 8.03. The Morgan fingerprint density at radius 1 is 1.05 bits per heavy atom. The quantitative estimate of drug-likeness (QED) is 0.628. The average molecular weight is 289 g/mol. The molecule has 4 heteroatoms. The summed E-state index contributed by atoms with van der Waals surface area (Å²) >= 11 is 0. The summed E-state index contributed by atoms with van der Waals surface area (Å²) in [5.41, 5.74) is 0. The van der Waals surface area contributed by atoms with Crippen LogP contribution >= 0.6 is 0 Å². The zero-order valence-corrected chi connectivity index (χ0v) is 13.5. The van der Waals surface area contributed by atoms with Crippen LogP contribution in [-0.2, 0) is 9.84 Å². The summed E-state index contributed by atoms with van der Waals surface area (Å²) in [6.45, 7) is 5.34. The molecule has 1 N–H and O–H groups in total.